The molecule has 1 atom stereocenters. The Balaban J connectivity index is 1.21. The van der Waals surface area contributed by atoms with Gasteiger partial charge in [0.25, 0.3) is 0 Å². The number of hydrogen-bond donors (Lipinski definition) is 1. The molecular formula is C24H27N5S. The predicted molar refractivity (Wildman–Crippen MR) is 123 cm³/mol. The molecule has 4 aromatic rings. The molecule has 2 aliphatic heterocycles. The van der Waals surface area contributed by atoms with Crippen molar-refractivity contribution < 1.29 is 0 Å². The Bertz CT molecular complexity index is 1130. The van der Waals surface area contributed by atoms with Crippen molar-refractivity contribution in [3.63, 3.8) is 0 Å². The summed E-state index contributed by atoms with van der Waals surface area (Å²) < 4.78 is 3.88. The number of fused-ring (bicyclic) bond motifs is 2. The minimum atomic E-state index is 0.540. The first kappa shape index (κ1) is 18.5. The van der Waals surface area contributed by atoms with E-state index in [-0.39, 0.29) is 0 Å². The molecule has 0 saturated carbocycles. The van der Waals surface area contributed by atoms with Crippen LogP contribution >= 0.6 is 11.3 Å². The van der Waals surface area contributed by atoms with Gasteiger partial charge in [0.05, 0.1) is 27.8 Å². The van der Waals surface area contributed by atoms with Crippen LogP contribution in [0.25, 0.3) is 21.3 Å². The lowest BCUT2D eigenvalue weighted by Crippen LogP contribution is -2.34. The van der Waals surface area contributed by atoms with Crippen molar-refractivity contribution in [2.75, 3.05) is 26.2 Å². The van der Waals surface area contributed by atoms with Crippen LogP contribution in [0, 0.1) is 0 Å². The summed E-state index contributed by atoms with van der Waals surface area (Å²) in [5, 5.41) is 4.76. The first-order valence-electron chi connectivity index (χ1n) is 11.1. The van der Waals surface area contributed by atoms with E-state index < -0.39 is 0 Å². The number of nitrogens with one attached hydrogen (secondary N) is 1. The molecule has 0 aliphatic carbocycles. The summed E-state index contributed by atoms with van der Waals surface area (Å²) in [6.45, 7) is 5.37. The molecule has 2 aliphatic rings. The molecule has 2 fully saturated rings. The van der Waals surface area contributed by atoms with Gasteiger partial charge in [-0.15, -0.1) is 11.3 Å². The molecule has 5 nitrogen and oxygen atoms in total. The molecular weight excluding hydrogens is 390 g/mol. The average molecular weight is 418 g/mol. The molecule has 2 saturated heterocycles. The zero-order valence-electron chi connectivity index (χ0n) is 17.1. The summed E-state index contributed by atoms with van der Waals surface area (Å²) in [5.41, 5.74) is 3.59. The van der Waals surface area contributed by atoms with E-state index in [9.17, 15) is 0 Å². The van der Waals surface area contributed by atoms with Gasteiger partial charge in [-0.05, 0) is 50.1 Å². The summed E-state index contributed by atoms with van der Waals surface area (Å²) in [4.78, 5) is 12.5. The number of hydrogen-bond acceptors (Lipinski definition) is 5. The molecule has 154 valence electrons. The van der Waals surface area contributed by atoms with Gasteiger partial charge in [0.1, 0.15) is 10.8 Å². The Hall–Kier alpha value is -2.28. The van der Waals surface area contributed by atoms with Crippen LogP contribution in [0.1, 0.15) is 42.1 Å². The maximum absolute atomic E-state index is 5.08. The van der Waals surface area contributed by atoms with Gasteiger partial charge in [-0.25, -0.2) is 9.97 Å². The Morgan fingerprint density at radius 1 is 0.933 bits per heavy atom. The number of likely N-dealkylation sites (tertiary alicyclic amines) is 1. The van der Waals surface area contributed by atoms with E-state index in [1.54, 1.807) is 0 Å². The number of piperidine rings is 1. The number of para-hydroxylation sites is 3. The Morgan fingerprint density at radius 3 is 2.53 bits per heavy atom. The maximum Gasteiger partial charge on any atom is 0.114 e. The third kappa shape index (κ3) is 3.33. The van der Waals surface area contributed by atoms with E-state index in [1.807, 2.05) is 11.3 Å². The van der Waals surface area contributed by atoms with Crippen LogP contribution in [0.3, 0.4) is 0 Å². The summed E-state index contributed by atoms with van der Waals surface area (Å²) in [6.07, 6.45) is 3.55. The standard InChI is InChI=1S/C24H27N5S/c1-3-7-21-19(5-1)27-24(17-9-12-25-15-17)29(21)18-10-13-28(14-11-18)16-23-26-20-6-2-4-8-22(20)30-23/h1-8,17-18,25H,9-16H2. The number of aromatic nitrogens is 3. The van der Waals surface area contributed by atoms with Crippen molar-refractivity contribution in [3.8, 4) is 0 Å². The smallest absolute Gasteiger partial charge is 0.114 e. The second-order valence-electron chi connectivity index (χ2n) is 8.60. The second kappa shape index (κ2) is 7.76. The third-order valence-electron chi connectivity index (χ3n) is 6.67. The van der Waals surface area contributed by atoms with Crippen molar-refractivity contribution in [3.05, 3.63) is 59.4 Å². The number of thiazole rings is 1. The van der Waals surface area contributed by atoms with Gasteiger partial charge >= 0.3 is 0 Å². The molecule has 2 aromatic heterocycles. The summed E-state index contributed by atoms with van der Waals surface area (Å²) >= 11 is 1.84. The first-order chi connectivity index (χ1) is 14.8. The third-order valence-corrected chi connectivity index (χ3v) is 7.69. The van der Waals surface area contributed by atoms with Gasteiger partial charge in [-0.2, -0.15) is 0 Å². The largest absolute Gasteiger partial charge is 0.324 e. The zero-order valence-corrected chi connectivity index (χ0v) is 17.9. The minimum Gasteiger partial charge on any atom is -0.324 e. The Morgan fingerprint density at radius 2 is 1.73 bits per heavy atom. The topological polar surface area (TPSA) is 46.0 Å². The highest BCUT2D eigenvalue weighted by Crippen LogP contribution is 2.34. The molecule has 0 amide bonds. The summed E-state index contributed by atoms with van der Waals surface area (Å²) in [7, 11) is 0. The van der Waals surface area contributed by atoms with Gasteiger partial charge in [0.2, 0.25) is 0 Å². The highest BCUT2D eigenvalue weighted by atomic mass is 32.1. The van der Waals surface area contributed by atoms with Gasteiger partial charge in [-0.3, -0.25) is 4.90 Å². The van der Waals surface area contributed by atoms with Crippen LogP contribution in [0.5, 0.6) is 0 Å². The van der Waals surface area contributed by atoms with Gasteiger partial charge in [0, 0.05) is 31.6 Å². The summed E-state index contributed by atoms with van der Waals surface area (Å²) in [6, 6.07) is 17.7. The number of rotatable bonds is 4. The molecule has 6 heteroatoms. The molecule has 0 radical (unpaired) electrons. The van der Waals surface area contributed by atoms with Gasteiger partial charge in [-0.1, -0.05) is 24.3 Å². The van der Waals surface area contributed by atoms with Crippen LogP contribution in [-0.2, 0) is 6.54 Å². The second-order valence-corrected chi connectivity index (χ2v) is 9.72. The molecule has 6 rings (SSSR count). The lowest BCUT2D eigenvalue weighted by Gasteiger charge is -2.33. The number of imidazole rings is 1. The van der Waals surface area contributed by atoms with Crippen molar-refractivity contribution in [1.82, 2.24) is 24.8 Å². The normalized spacial score (nSPS) is 21.1. The van der Waals surface area contributed by atoms with Crippen molar-refractivity contribution in [2.24, 2.45) is 0 Å². The SMILES string of the molecule is c1ccc2sc(CN3CCC(n4c(C5CCNC5)nc5ccccc54)CC3)nc2c1. The van der Waals surface area contributed by atoms with Crippen LogP contribution in [0.4, 0.5) is 0 Å². The quantitative estimate of drug-likeness (QED) is 0.529. The monoisotopic (exact) mass is 417 g/mol. The lowest BCUT2D eigenvalue weighted by atomic mass is 10.0. The van der Waals surface area contributed by atoms with Crippen LogP contribution < -0.4 is 5.32 Å². The van der Waals surface area contributed by atoms with Crippen molar-refractivity contribution >= 4 is 32.6 Å². The minimum absolute atomic E-state index is 0.540. The highest BCUT2D eigenvalue weighted by Gasteiger charge is 2.29. The molecule has 2 aromatic carbocycles. The van der Waals surface area contributed by atoms with E-state index >= 15 is 0 Å². The maximum atomic E-state index is 5.08. The number of benzene rings is 2. The Labute approximate surface area is 180 Å². The first-order valence-corrected chi connectivity index (χ1v) is 11.9. The van der Waals surface area contributed by atoms with Gasteiger partial charge in [0.15, 0.2) is 0 Å². The average Bonchev–Trinajstić information content (AvgIpc) is 3.51. The molecule has 0 spiro atoms. The zero-order chi connectivity index (χ0) is 19.9. The fraction of sp³-hybridized carbons (Fsp3) is 0.417. The summed E-state index contributed by atoms with van der Waals surface area (Å²) in [5.74, 6) is 1.84. The highest BCUT2D eigenvalue weighted by molar-refractivity contribution is 7.18. The van der Waals surface area contributed by atoms with Crippen molar-refractivity contribution in [2.45, 2.75) is 37.8 Å². The van der Waals surface area contributed by atoms with Gasteiger partial charge < -0.3 is 9.88 Å². The van der Waals surface area contributed by atoms with E-state index in [1.165, 1.54) is 40.3 Å². The molecule has 1 N–H and O–H groups in total. The molecule has 4 heterocycles. The Kier molecular flexibility index (Phi) is 4.78. The van der Waals surface area contributed by atoms with Crippen molar-refractivity contribution in [1.29, 1.82) is 0 Å². The molecule has 0 bridgehead atoms. The van der Waals surface area contributed by atoms with Crippen LogP contribution in [0.15, 0.2) is 48.5 Å². The molecule has 1 unspecified atom stereocenters. The van der Waals surface area contributed by atoms with E-state index in [4.69, 9.17) is 9.97 Å². The number of nitrogens with zero attached hydrogens (tertiary/aromatic N) is 4. The van der Waals surface area contributed by atoms with Crippen LogP contribution in [0.2, 0.25) is 0 Å². The molecule has 30 heavy (non-hydrogen) atoms. The fourth-order valence-corrected chi connectivity index (χ4v) is 6.13. The fourth-order valence-electron chi connectivity index (χ4n) is 5.12. The van der Waals surface area contributed by atoms with Crippen LogP contribution in [-0.4, -0.2) is 45.6 Å². The predicted octanol–water partition coefficient (Wildman–Crippen LogP) is 4.56. The van der Waals surface area contributed by atoms with E-state index in [0.29, 0.717) is 12.0 Å². The lowest BCUT2D eigenvalue weighted by molar-refractivity contribution is 0.179. The van der Waals surface area contributed by atoms with E-state index in [0.717, 1.165) is 43.8 Å². The van der Waals surface area contributed by atoms with E-state index in [2.05, 4.69) is 63.3 Å².